The van der Waals surface area contributed by atoms with Gasteiger partial charge >= 0.3 is 0 Å². The minimum atomic E-state index is -0.0633. The molecular formula is C19H18N6O. The van der Waals surface area contributed by atoms with Gasteiger partial charge in [-0.1, -0.05) is 6.07 Å². The SMILES string of the molecule is O=C1c2cn(-c3ccc(N4CCCC4)nc3)nc2CN1c1ccccn1. The molecule has 0 bridgehead atoms. The van der Waals surface area contributed by atoms with E-state index in [4.69, 9.17) is 0 Å². The fourth-order valence-corrected chi connectivity index (χ4v) is 3.55. The number of carbonyl (C=O) groups excluding carboxylic acids is 1. The Morgan fingerprint density at radius 1 is 0.962 bits per heavy atom. The van der Waals surface area contributed by atoms with Gasteiger partial charge in [0.1, 0.15) is 11.6 Å². The number of hydrogen-bond donors (Lipinski definition) is 0. The molecule has 3 aromatic heterocycles. The molecule has 0 spiro atoms. The highest BCUT2D eigenvalue weighted by Gasteiger charge is 2.32. The molecule has 0 N–H and O–H groups in total. The summed E-state index contributed by atoms with van der Waals surface area (Å²) < 4.78 is 1.74. The first-order chi connectivity index (χ1) is 12.8. The van der Waals surface area contributed by atoms with Gasteiger partial charge < -0.3 is 4.90 Å². The van der Waals surface area contributed by atoms with Gasteiger partial charge in [-0.05, 0) is 37.1 Å². The Hall–Kier alpha value is -3.22. The fraction of sp³-hybridized carbons (Fsp3) is 0.263. The molecule has 1 amide bonds. The zero-order valence-electron chi connectivity index (χ0n) is 14.2. The predicted molar refractivity (Wildman–Crippen MR) is 97.6 cm³/mol. The van der Waals surface area contributed by atoms with Crippen LogP contribution >= 0.6 is 0 Å². The summed E-state index contributed by atoms with van der Waals surface area (Å²) in [6.07, 6.45) is 7.74. The molecule has 3 aromatic rings. The summed E-state index contributed by atoms with van der Waals surface area (Å²) in [4.78, 5) is 25.4. The lowest BCUT2D eigenvalue weighted by Gasteiger charge is -2.16. The van der Waals surface area contributed by atoms with Crippen LogP contribution in [0.4, 0.5) is 11.6 Å². The van der Waals surface area contributed by atoms with Crippen molar-refractivity contribution in [1.29, 1.82) is 0 Å². The Morgan fingerprint density at radius 2 is 1.85 bits per heavy atom. The Labute approximate surface area is 150 Å². The van der Waals surface area contributed by atoms with Crippen molar-refractivity contribution in [2.24, 2.45) is 0 Å². The number of anilines is 2. The molecule has 7 heteroatoms. The molecule has 0 aromatic carbocycles. The largest absolute Gasteiger partial charge is 0.357 e. The summed E-state index contributed by atoms with van der Waals surface area (Å²) in [5, 5.41) is 4.59. The van der Waals surface area contributed by atoms with Crippen molar-refractivity contribution in [3.8, 4) is 5.69 Å². The van der Waals surface area contributed by atoms with Gasteiger partial charge in [0, 0.05) is 25.5 Å². The molecule has 0 radical (unpaired) electrons. The predicted octanol–water partition coefficient (Wildman–Crippen LogP) is 2.42. The maximum absolute atomic E-state index is 12.7. The molecule has 0 aliphatic carbocycles. The molecule has 26 heavy (non-hydrogen) atoms. The van der Waals surface area contributed by atoms with E-state index in [-0.39, 0.29) is 5.91 Å². The van der Waals surface area contributed by atoms with Gasteiger partial charge in [0.05, 0.1) is 29.7 Å². The van der Waals surface area contributed by atoms with Crippen molar-refractivity contribution in [2.45, 2.75) is 19.4 Å². The number of nitrogens with zero attached hydrogens (tertiary/aromatic N) is 6. The van der Waals surface area contributed by atoms with Crippen molar-refractivity contribution in [3.63, 3.8) is 0 Å². The lowest BCUT2D eigenvalue weighted by Crippen LogP contribution is -2.24. The Kier molecular flexibility index (Phi) is 3.44. The van der Waals surface area contributed by atoms with Crippen molar-refractivity contribution in [1.82, 2.24) is 19.7 Å². The van der Waals surface area contributed by atoms with Gasteiger partial charge in [-0.3, -0.25) is 9.69 Å². The average molecular weight is 346 g/mol. The van der Waals surface area contributed by atoms with Crippen molar-refractivity contribution >= 4 is 17.5 Å². The second-order valence-electron chi connectivity index (χ2n) is 6.58. The van der Waals surface area contributed by atoms with Crippen molar-refractivity contribution in [3.05, 3.63) is 60.2 Å². The summed E-state index contributed by atoms with van der Waals surface area (Å²) in [7, 11) is 0. The van der Waals surface area contributed by atoms with Crippen LogP contribution in [0.3, 0.4) is 0 Å². The molecule has 5 heterocycles. The molecule has 1 saturated heterocycles. The highest BCUT2D eigenvalue weighted by atomic mass is 16.2. The summed E-state index contributed by atoms with van der Waals surface area (Å²) in [5.41, 5.74) is 2.25. The number of aromatic nitrogens is 4. The number of amides is 1. The minimum Gasteiger partial charge on any atom is -0.357 e. The van der Waals surface area contributed by atoms with Gasteiger partial charge in [0.25, 0.3) is 5.91 Å². The quantitative estimate of drug-likeness (QED) is 0.729. The average Bonchev–Trinajstić information content (AvgIpc) is 3.41. The number of carbonyl (C=O) groups is 1. The van der Waals surface area contributed by atoms with E-state index in [1.807, 2.05) is 36.5 Å². The molecular weight excluding hydrogens is 328 g/mol. The summed E-state index contributed by atoms with van der Waals surface area (Å²) in [6.45, 7) is 2.58. The third-order valence-corrected chi connectivity index (χ3v) is 4.93. The Balaban J connectivity index is 1.39. The van der Waals surface area contributed by atoms with Crippen LogP contribution in [0.5, 0.6) is 0 Å². The monoisotopic (exact) mass is 346 g/mol. The second-order valence-corrected chi connectivity index (χ2v) is 6.58. The maximum Gasteiger partial charge on any atom is 0.263 e. The summed E-state index contributed by atoms with van der Waals surface area (Å²) in [6, 6.07) is 9.57. The Bertz CT molecular complexity index is 944. The number of rotatable bonds is 3. The van der Waals surface area contributed by atoms with Crippen LogP contribution in [-0.2, 0) is 6.54 Å². The molecule has 0 unspecified atom stereocenters. The zero-order valence-corrected chi connectivity index (χ0v) is 14.2. The third kappa shape index (κ3) is 2.44. The van der Waals surface area contributed by atoms with Crippen LogP contribution in [0.15, 0.2) is 48.9 Å². The van der Waals surface area contributed by atoms with E-state index < -0.39 is 0 Å². The lowest BCUT2D eigenvalue weighted by molar-refractivity contribution is 0.0995. The molecule has 2 aliphatic heterocycles. The number of fused-ring (bicyclic) bond motifs is 1. The first-order valence-corrected chi connectivity index (χ1v) is 8.82. The normalized spacial score (nSPS) is 16.4. The van der Waals surface area contributed by atoms with Crippen LogP contribution < -0.4 is 9.80 Å². The first kappa shape index (κ1) is 15.1. The molecule has 0 saturated carbocycles. The van der Waals surface area contributed by atoms with Gasteiger partial charge in [-0.2, -0.15) is 5.10 Å². The molecule has 5 rings (SSSR count). The highest BCUT2D eigenvalue weighted by Crippen LogP contribution is 2.27. The van der Waals surface area contributed by atoms with E-state index in [0.717, 1.165) is 30.3 Å². The van der Waals surface area contributed by atoms with Crippen LogP contribution in [0.1, 0.15) is 28.9 Å². The standard InChI is InChI=1S/C19H18N6O/c26-19-15-12-25(14-6-7-17(21-11-14)23-9-3-4-10-23)22-16(15)13-24(19)18-5-1-2-8-20-18/h1-2,5-8,11-12H,3-4,9-10,13H2. The molecule has 7 nitrogen and oxygen atoms in total. The topological polar surface area (TPSA) is 67.2 Å². The van der Waals surface area contributed by atoms with E-state index in [0.29, 0.717) is 17.9 Å². The van der Waals surface area contributed by atoms with E-state index in [9.17, 15) is 4.79 Å². The van der Waals surface area contributed by atoms with Gasteiger partial charge in [-0.15, -0.1) is 0 Å². The Morgan fingerprint density at radius 3 is 2.54 bits per heavy atom. The van der Waals surface area contributed by atoms with Crippen LogP contribution in [0.25, 0.3) is 5.69 Å². The number of hydrogen-bond acceptors (Lipinski definition) is 5. The van der Waals surface area contributed by atoms with E-state index in [1.165, 1.54) is 12.8 Å². The molecule has 1 fully saturated rings. The first-order valence-electron chi connectivity index (χ1n) is 8.82. The van der Waals surface area contributed by atoms with Gasteiger partial charge in [0.2, 0.25) is 0 Å². The van der Waals surface area contributed by atoms with E-state index in [1.54, 1.807) is 22.0 Å². The van der Waals surface area contributed by atoms with Crippen molar-refractivity contribution < 1.29 is 4.79 Å². The third-order valence-electron chi connectivity index (χ3n) is 4.93. The minimum absolute atomic E-state index is 0.0633. The van der Waals surface area contributed by atoms with Crippen molar-refractivity contribution in [2.75, 3.05) is 22.9 Å². The highest BCUT2D eigenvalue weighted by molar-refractivity contribution is 6.09. The van der Waals surface area contributed by atoms with Crippen LogP contribution in [0.2, 0.25) is 0 Å². The summed E-state index contributed by atoms with van der Waals surface area (Å²) in [5.74, 6) is 1.59. The van der Waals surface area contributed by atoms with E-state index in [2.05, 4.69) is 20.0 Å². The smallest absolute Gasteiger partial charge is 0.263 e. The van der Waals surface area contributed by atoms with Gasteiger partial charge in [0.15, 0.2) is 0 Å². The van der Waals surface area contributed by atoms with E-state index >= 15 is 0 Å². The molecule has 2 aliphatic rings. The molecule has 130 valence electrons. The fourth-order valence-electron chi connectivity index (χ4n) is 3.55. The lowest BCUT2D eigenvalue weighted by atomic mass is 10.3. The maximum atomic E-state index is 12.7. The number of pyridine rings is 2. The van der Waals surface area contributed by atoms with Crippen LogP contribution in [0, 0.1) is 0 Å². The second kappa shape index (κ2) is 5.94. The zero-order chi connectivity index (χ0) is 17.5. The van der Waals surface area contributed by atoms with Crippen LogP contribution in [-0.4, -0.2) is 38.7 Å². The molecule has 0 atom stereocenters. The summed E-state index contributed by atoms with van der Waals surface area (Å²) >= 11 is 0. The van der Waals surface area contributed by atoms with Gasteiger partial charge in [-0.25, -0.2) is 14.6 Å².